The second-order valence-corrected chi connectivity index (χ2v) is 11.7. The molecule has 0 bridgehead atoms. The van der Waals surface area contributed by atoms with Crippen LogP contribution in [0.4, 0.5) is 9.18 Å². The predicted molar refractivity (Wildman–Crippen MR) is 161 cm³/mol. The van der Waals surface area contributed by atoms with Gasteiger partial charge in [-0.3, -0.25) is 9.69 Å². The van der Waals surface area contributed by atoms with Crippen LogP contribution in [-0.4, -0.2) is 58.0 Å². The highest BCUT2D eigenvalue weighted by Gasteiger charge is 2.38. The molecule has 226 valence electrons. The van der Waals surface area contributed by atoms with E-state index in [-0.39, 0.29) is 11.7 Å². The first-order chi connectivity index (χ1) is 20.5. The van der Waals surface area contributed by atoms with Crippen LogP contribution < -0.4 is 14.8 Å². The number of likely N-dealkylation sites (tertiary alicyclic amines) is 1. The molecule has 1 aliphatic rings. The summed E-state index contributed by atoms with van der Waals surface area (Å²) < 4.78 is 32.7. The van der Waals surface area contributed by atoms with Crippen molar-refractivity contribution in [3.8, 4) is 17.2 Å². The van der Waals surface area contributed by atoms with Crippen LogP contribution in [0, 0.1) is 5.82 Å². The molecule has 43 heavy (non-hydrogen) atoms. The Morgan fingerprint density at radius 2 is 1.81 bits per heavy atom. The maximum Gasteiger partial charge on any atom is 0.410 e. The first kappa shape index (κ1) is 29.9. The van der Waals surface area contributed by atoms with Gasteiger partial charge in [-0.15, -0.1) is 0 Å². The second-order valence-electron chi connectivity index (χ2n) is 11.7. The Balaban J connectivity index is 1.38. The van der Waals surface area contributed by atoms with Gasteiger partial charge in [0.1, 0.15) is 35.1 Å². The van der Waals surface area contributed by atoms with Gasteiger partial charge in [0, 0.05) is 11.9 Å². The molecule has 2 amide bonds. The fraction of sp³-hybridized carbons (Fsp3) is 0.364. The molecule has 0 saturated carbocycles. The molecule has 2 heterocycles. The van der Waals surface area contributed by atoms with Crippen molar-refractivity contribution in [3.63, 3.8) is 0 Å². The van der Waals surface area contributed by atoms with Crippen LogP contribution in [0.2, 0.25) is 0 Å². The summed E-state index contributed by atoms with van der Waals surface area (Å²) in [5, 5.41) is 8.41. The minimum atomic E-state index is -0.657. The maximum absolute atomic E-state index is 13.5. The lowest BCUT2D eigenvalue weighted by Crippen LogP contribution is -2.50. The largest absolute Gasteiger partial charge is 0.497 e. The molecule has 3 aromatic carbocycles. The number of aromatic nitrogens is 2. The first-order valence-electron chi connectivity index (χ1n) is 14.4. The number of halogens is 1. The van der Waals surface area contributed by atoms with Crippen LogP contribution in [0.3, 0.4) is 0 Å². The number of benzene rings is 3. The topological polar surface area (TPSA) is 94.9 Å². The van der Waals surface area contributed by atoms with E-state index >= 15 is 0 Å². The normalized spacial score (nSPS) is 16.5. The lowest BCUT2D eigenvalue weighted by atomic mass is 10.0. The smallest absolute Gasteiger partial charge is 0.410 e. The van der Waals surface area contributed by atoms with Crippen LogP contribution in [-0.2, 0) is 9.53 Å². The zero-order valence-corrected chi connectivity index (χ0v) is 25.0. The van der Waals surface area contributed by atoms with Crippen molar-refractivity contribution in [3.05, 3.63) is 84.3 Å². The Hall–Kier alpha value is -4.60. The first-order valence-corrected chi connectivity index (χ1v) is 14.4. The van der Waals surface area contributed by atoms with Gasteiger partial charge in [0.15, 0.2) is 0 Å². The van der Waals surface area contributed by atoms with Crippen molar-refractivity contribution in [1.29, 1.82) is 0 Å². The van der Waals surface area contributed by atoms with Gasteiger partial charge in [-0.2, -0.15) is 5.10 Å². The van der Waals surface area contributed by atoms with Crippen molar-refractivity contribution in [2.45, 2.75) is 64.3 Å². The Kier molecular flexibility index (Phi) is 8.57. The average Bonchev–Trinajstić information content (AvgIpc) is 3.63. The standard InChI is InChI=1S/C33H37FN4O5/c1-21(36-31(39)29-10-7-17-37(29)32(40)43-33(2,3)4)30(22-8-6-9-26(18-22)41-5)42-27-15-16-28-23(19-27)20-35-38(28)25-13-11-24(34)12-14-25/h6,8-9,11-16,18-21,29-30H,7,10,17H2,1-5H3,(H,36,39)/t21-,29?,30-/m0/s1. The number of rotatable bonds is 8. The number of hydrogen-bond donors (Lipinski definition) is 1. The van der Waals surface area contributed by atoms with Crippen molar-refractivity contribution < 1.29 is 28.2 Å². The number of carbonyl (C=O) groups is 2. The molecule has 1 aliphatic heterocycles. The van der Waals surface area contributed by atoms with Crippen LogP contribution in [0.25, 0.3) is 16.6 Å². The van der Waals surface area contributed by atoms with Gasteiger partial charge >= 0.3 is 6.09 Å². The summed E-state index contributed by atoms with van der Waals surface area (Å²) in [6, 6.07) is 18.2. The number of fused-ring (bicyclic) bond motifs is 1. The number of nitrogens with zero attached hydrogens (tertiary/aromatic N) is 3. The molecule has 1 N–H and O–H groups in total. The second kappa shape index (κ2) is 12.3. The van der Waals surface area contributed by atoms with E-state index in [1.807, 2.05) is 49.4 Å². The summed E-state index contributed by atoms with van der Waals surface area (Å²) >= 11 is 0. The van der Waals surface area contributed by atoms with Crippen LogP contribution in [0.5, 0.6) is 11.5 Å². The number of carbonyl (C=O) groups excluding carboxylic acids is 2. The molecule has 4 aromatic rings. The molecule has 1 fully saturated rings. The van der Waals surface area contributed by atoms with Crippen LogP contribution >= 0.6 is 0 Å². The average molecular weight is 589 g/mol. The highest BCUT2D eigenvalue weighted by molar-refractivity contribution is 5.86. The number of nitrogens with one attached hydrogen (secondary N) is 1. The molecule has 0 radical (unpaired) electrons. The molecule has 5 rings (SSSR count). The zero-order chi connectivity index (χ0) is 30.7. The lowest BCUT2D eigenvalue weighted by molar-refractivity contribution is -0.126. The molecule has 1 saturated heterocycles. The summed E-state index contributed by atoms with van der Waals surface area (Å²) in [6.07, 6.45) is 1.92. The summed E-state index contributed by atoms with van der Waals surface area (Å²) in [5.41, 5.74) is 1.73. The van der Waals surface area contributed by atoms with E-state index in [0.29, 0.717) is 30.9 Å². The van der Waals surface area contributed by atoms with E-state index in [2.05, 4.69) is 10.4 Å². The van der Waals surface area contributed by atoms with E-state index < -0.39 is 29.9 Å². The third kappa shape index (κ3) is 6.90. The molecule has 9 nitrogen and oxygen atoms in total. The summed E-state index contributed by atoms with van der Waals surface area (Å²) in [4.78, 5) is 27.8. The van der Waals surface area contributed by atoms with E-state index in [0.717, 1.165) is 22.2 Å². The number of amides is 2. The Morgan fingerprint density at radius 1 is 1.05 bits per heavy atom. The molecule has 1 unspecified atom stereocenters. The van der Waals surface area contributed by atoms with Crippen LogP contribution in [0.15, 0.2) is 72.9 Å². The molecule has 0 spiro atoms. The molecular weight excluding hydrogens is 551 g/mol. The molecular formula is C33H37FN4O5. The van der Waals surface area contributed by atoms with Crippen molar-refractivity contribution >= 4 is 22.9 Å². The summed E-state index contributed by atoms with van der Waals surface area (Å²) in [7, 11) is 1.60. The van der Waals surface area contributed by atoms with E-state index in [9.17, 15) is 14.0 Å². The Bertz CT molecular complexity index is 1600. The van der Waals surface area contributed by atoms with Gasteiger partial charge in [-0.1, -0.05) is 12.1 Å². The lowest BCUT2D eigenvalue weighted by Gasteiger charge is -2.31. The third-order valence-corrected chi connectivity index (χ3v) is 7.30. The Morgan fingerprint density at radius 3 is 2.53 bits per heavy atom. The number of methoxy groups -OCH3 is 1. The highest BCUT2D eigenvalue weighted by Crippen LogP contribution is 2.31. The maximum atomic E-state index is 13.5. The highest BCUT2D eigenvalue weighted by atomic mass is 19.1. The molecule has 0 aliphatic carbocycles. The van der Waals surface area contributed by atoms with Gasteiger partial charge in [-0.05, 0) is 101 Å². The van der Waals surface area contributed by atoms with Crippen molar-refractivity contribution in [2.24, 2.45) is 0 Å². The summed E-state index contributed by atoms with van der Waals surface area (Å²) in [5.74, 6) is 0.665. The zero-order valence-electron chi connectivity index (χ0n) is 25.0. The summed E-state index contributed by atoms with van der Waals surface area (Å²) in [6.45, 7) is 7.75. The minimum absolute atomic E-state index is 0.261. The van der Waals surface area contributed by atoms with Gasteiger partial charge in [0.05, 0.1) is 30.6 Å². The molecule has 10 heteroatoms. The predicted octanol–water partition coefficient (Wildman–Crippen LogP) is 6.20. The van der Waals surface area contributed by atoms with Gasteiger partial charge < -0.3 is 19.5 Å². The van der Waals surface area contributed by atoms with Crippen LogP contribution in [0.1, 0.15) is 52.2 Å². The fourth-order valence-electron chi connectivity index (χ4n) is 5.27. The minimum Gasteiger partial charge on any atom is -0.497 e. The van der Waals surface area contributed by atoms with E-state index in [4.69, 9.17) is 14.2 Å². The van der Waals surface area contributed by atoms with Gasteiger partial charge in [0.2, 0.25) is 5.91 Å². The number of hydrogen-bond acceptors (Lipinski definition) is 6. The van der Waals surface area contributed by atoms with E-state index in [1.165, 1.54) is 17.0 Å². The molecule has 1 aromatic heterocycles. The SMILES string of the molecule is COc1cccc([C@@H](Oc2ccc3c(cnn3-c3ccc(F)cc3)c2)[C@H](C)NC(=O)C2CCCN2C(=O)OC(C)(C)C)c1. The molecule has 3 atom stereocenters. The van der Waals surface area contributed by atoms with Gasteiger partial charge in [-0.25, -0.2) is 13.9 Å². The van der Waals surface area contributed by atoms with Crippen molar-refractivity contribution in [1.82, 2.24) is 20.0 Å². The third-order valence-electron chi connectivity index (χ3n) is 7.30. The Labute approximate surface area is 250 Å². The van der Waals surface area contributed by atoms with Gasteiger partial charge in [0.25, 0.3) is 0 Å². The van der Waals surface area contributed by atoms with E-state index in [1.54, 1.807) is 50.9 Å². The monoisotopic (exact) mass is 588 g/mol. The quantitative estimate of drug-likeness (QED) is 0.264. The number of ether oxygens (including phenoxy) is 3. The van der Waals surface area contributed by atoms with Crippen molar-refractivity contribution in [2.75, 3.05) is 13.7 Å². The fourth-order valence-corrected chi connectivity index (χ4v) is 5.27.